The molecular weight excluding hydrogens is 323 g/mol. The molecule has 1 fully saturated rings. The van der Waals surface area contributed by atoms with E-state index in [2.05, 4.69) is 14.9 Å². The fourth-order valence-electron chi connectivity index (χ4n) is 2.41. The number of fused-ring (bicyclic) bond motifs is 1. The molecular formula is C13H15BClN4O2S. The van der Waals surface area contributed by atoms with E-state index in [-0.39, 0.29) is 5.28 Å². The third kappa shape index (κ3) is 3.40. The van der Waals surface area contributed by atoms with Crippen LogP contribution in [0.4, 0.5) is 5.82 Å². The summed E-state index contributed by atoms with van der Waals surface area (Å²) in [4.78, 5) is 24.4. The predicted octanol–water partition coefficient (Wildman–Crippen LogP) is 1.42. The summed E-state index contributed by atoms with van der Waals surface area (Å²) >= 11 is 7.71. The first kappa shape index (κ1) is 15.7. The second-order valence-electron chi connectivity index (χ2n) is 5.04. The predicted molar refractivity (Wildman–Crippen MR) is 89.4 cm³/mol. The summed E-state index contributed by atoms with van der Waals surface area (Å²) < 4.78 is 6.42. The van der Waals surface area contributed by atoms with Crippen molar-refractivity contribution in [1.29, 1.82) is 0 Å². The molecule has 3 heterocycles. The van der Waals surface area contributed by atoms with Crippen molar-refractivity contribution in [2.45, 2.75) is 6.54 Å². The summed E-state index contributed by atoms with van der Waals surface area (Å²) in [6, 6.07) is 2.01. The molecule has 1 aliphatic heterocycles. The molecule has 0 spiro atoms. The van der Waals surface area contributed by atoms with Crippen molar-refractivity contribution >= 4 is 52.6 Å². The molecule has 3 rings (SSSR count). The van der Waals surface area contributed by atoms with Gasteiger partial charge in [0, 0.05) is 24.5 Å². The fourth-order valence-corrected chi connectivity index (χ4v) is 3.75. The first-order chi connectivity index (χ1) is 10.7. The summed E-state index contributed by atoms with van der Waals surface area (Å²) in [6.45, 7) is 3.64. The van der Waals surface area contributed by atoms with Gasteiger partial charge in [0.25, 0.3) is 7.41 Å². The third-order valence-electron chi connectivity index (χ3n) is 3.41. The second-order valence-corrected chi connectivity index (χ2v) is 6.52. The number of thiophene rings is 1. The summed E-state index contributed by atoms with van der Waals surface area (Å²) in [6.07, 6.45) is 0.781. The minimum atomic E-state index is 0.256. The van der Waals surface area contributed by atoms with E-state index in [0.717, 1.165) is 40.2 Å². The number of morpholine rings is 1. The Morgan fingerprint density at radius 2 is 2.27 bits per heavy atom. The van der Waals surface area contributed by atoms with Gasteiger partial charge in [-0.1, -0.05) is 0 Å². The standard InChI is InChI=1S/C13H15BClN4O2S/c1-18(14-8-20)7-9-6-10-11(22-9)12(17-13(15)16-10)19-2-4-21-5-3-19/h6,8H,2-5,7H2,1H3. The quantitative estimate of drug-likeness (QED) is 0.467. The van der Waals surface area contributed by atoms with Crippen LogP contribution in [0, 0.1) is 0 Å². The van der Waals surface area contributed by atoms with Gasteiger partial charge < -0.3 is 19.2 Å². The number of halogens is 1. The van der Waals surface area contributed by atoms with E-state index < -0.39 is 0 Å². The highest BCUT2D eigenvalue weighted by Gasteiger charge is 2.19. The Labute approximate surface area is 138 Å². The minimum absolute atomic E-state index is 0.256. The maximum atomic E-state index is 10.5. The number of aromatic nitrogens is 2. The van der Waals surface area contributed by atoms with Gasteiger partial charge in [0.05, 0.1) is 29.6 Å². The molecule has 0 saturated carbocycles. The molecule has 1 saturated heterocycles. The van der Waals surface area contributed by atoms with Gasteiger partial charge in [0.1, 0.15) is 0 Å². The Morgan fingerprint density at radius 1 is 1.50 bits per heavy atom. The zero-order valence-corrected chi connectivity index (χ0v) is 13.7. The zero-order chi connectivity index (χ0) is 15.5. The lowest BCUT2D eigenvalue weighted by atomic mass is 9.96. The molecule has 22 heavy (non-hydrogen) atoms. The van der Waals surface area contributed by atoms with Crippen LogP contribution in [0.3, 0.4) is 0 Å². The van der Waals surface area contributed by atoms with E-state index >= 15 is 0 Å². The number of carbonyl (C=O) groups excluding carboxylic acids is 1. The maximum Gasteiger partial charge on any atom is 0.293 e. The molecule has 9 heteroatoms. The molecule has 0 unspecified atom stereocenters. The normalized spacial score (nSPS) is 15.5. The number of nitrogens with zero attached hydrogens (tertiary/aromatic N) is 4. The Hall–Kier alpha value is -1.22. The summed E-state index contributed by atoms with van der Waals surface area (Å²) in [5.74, 6) is 0.872. The zero-order valence-electron chi connectivity index (χ0n) is 12.2. The van der Waals surface area contributed by atoms with E-state index in [1.165, 1.54) is 7.41 Å². The number of anilines is 1. The first-order valence-electron chi connectivity index (χ1n) is 6.95. The molecule has 0 aliphatic carbocycles. The van der Waals surface area contributed by atoms with Crippen molar-refractivity contribution in [1.82, 2.24) is 14.8 Å². The van der Waals surface area contributed by atoms with Crippen molar-refractivity contribution in [3.8, 4) is 0 Å². The van der Waals surface area contributed by atoms with Gasteiger partial charge in [-0.3, -0.25) is 0 Å². The highest BCUT2D eigenvalue weighted by molar-refractivity contribution is 7.19. The van der Waals surface area contributed by atoms with Crippen LogP contribution in [0.5, 0.6) is 0 Å². The molecule has 0 bridgehead atoms. The number of carbonyl (C=O) groups is 1. The Kier molecular flexibility index (Phi) is 4.92. The molecule has 0 N–H and O–H groups in total. The van der Waals surface area contributed by atoms with Crippen molar-refractivity contribution in [2.24, 2.45) is 0 Å². The van der Waals surface area contributed by atoms with Gasteiger partial charge in [-0.25, -0.2) is 4.98 Å². The number of rotatable bonds is 5. The summed E-state index contributed by atoms with van der Waals surface area (Å²) in [5, 5.41) is 0.256. The van der Waals surface area contributed by atoms with Crippen LogP contribution >= 0.6 is 22.9 Å². The van der Waals surface area contributed by atoms with Crippen LogP contribution in [-0.2, 0) is 16.1 Å². The van der Waals surface area contributed by atoms with E-state index in [4.69, 9.17) is 16.3 Å². The van der Waals surface area contributed by atoms with Crippen molar-refractivity contribution in [3.63, 3.8) is 0 Å². The highest BCUT2D eigenvalue weighted by atomic mass is 35.5. The van der Waals surface area contributed by atoms with E-state index in [1.807, 2.05) is 17.9 Å². The number of ether oxygens (including phenoxy) is 1. The van der Waals surface area contributed by atoms with Crippen LogP contribution in [0.25, 0.3) is 10.2 Å². The van der Waals surface area contributed by atoms with E-state index in [0.29, 0.717) is 19.8 Å². The van der Waals surface area contributed by atoms with Gasteiger partial charge in [-0.05, 0) is 24.7 Å². The molecule has 1 radical (unpaired) electrons. The number of hydrogen-bond donors (Lipinski definition) is 0. The SMILES string of the molecule is CN([B]C=O)Cc1cc2nc(Cl)nc(N3CCOCC3)c2s1. The molecule has 115 valence electrons. The van der Waals surface area contributed by atoms with Gasteiger partial charge in [-0.2, -0.15) is 4.98 Å². The third-order valence-corrected chi connectivity index (χ3v) is 4.68. The van der Waals surface area contributed by atoms with Crippen molar-refractivity contribution in [3.05, 3.63) is 16.2 Å². The Morgan fingerprint density at radius 3 is 3.00 bits per heavy atom. The van der Waals surface area contributed by atoms with Crippen molar-refractivity contribution in [2.75, 3.05) is 38.3 Å². The molecule has 0 amide bonds. The van der Waals surface area contributed by atoms with E-state index in [1.54, 1.807) is 11.3 Å². The average molecular weight is 338 g/mol. The Bertz CT molecular complexity index is 677. The van der Waals surface area contributed by atoms with Crippen LogP contribution in [0.15, 0.2) is 6.07 Å². The highest BCUT2D eigenvalue weighted by Crippen LogP contribution is 2.33. The van der Waals surface area contributed by atoms with Gasteiger partial charge in [-0.15, -0.1) is 11.3 Å². The lowest BCUT2D eigenvalue weighted by Crippen LogP contribution is -2.36. The number of hydrogen-bond acceptors (Lipinski definition) is 7. The smallest absolute Gasteiger partial charge is 0.293 e. The molecule has 0 aromatic carbocycles. The lowest BCUT2D eigenvalue weighted by Gasteiger charge is -2.28. The topological polar surface area (TPSA) is 58.6 Å². The van der Waals surface area contributed by atoms with Gasteiger partial charge >= 0.3 is 0 Å². The first-order valence-corrected chi connectivity index (χ1v) is 8.14. The van der Waals surface area contributed by atoms with E-state index in [9.17, 15) is 4.79 Å². The second kappa shape index (κ2) is 6.91. The van der Waals surface area contributed by atoms with Crippen molar-refractivity contribution < 1.29 is 9.53 Å². The van der Waals surface area contributed by atoms with Crippen LogP contribution in [-0.4, -0.2) is 61.7 Å². The molecule has 2 aromatic heterocycles. The maximum absolute atomic E-state index is 10.5. The van der Waals surface area contributed by atoms with Gasteiger partial charge in [0.2, 0.25) is 5.28 Å². The lowest BCUT2D eigenvalue weighted by molar-refractivity contribution is 0.122. The van der Waals surface area contributed by atoms with Crippen LogP contribution < -0.4 is 4.90 Å². The summed E-state index contributed by atoms with van der Waals surface area (Å²) in [7, 11) is 3.37. The monoisotopic (exact) mass is 337 g/mol. The van der Waals surface area contributed by atoms with Gasteiger partial charge in [0.15, 0.2) is 5.82 Å². The van der Waals surface area contributed by atoms with Crippen LogP contribution in [0.2, 0.25) is 5.28 Å². The largest absolute Gasteiger partial charge is 0.378 e. The fraction of sp³-hybridized carbons (Fsp3) is 0.462. The molecule has 1 aliphatic rings. The molecule has 2 aromatic rings. The average Bonchev–Trinajstić information content (AvgIpc) is 2.89. The minimum Gasteiger partial charge on any atom is -0.378 e. The van der Waals surface area contributed by atoms with Crippen LogP contribution in [0.1, 0.15) is 4.88 Å². The Balaban J connectivity index is 1.94. The molecule has 6 nitrogen and oxygen atoms in total. The molecule has 0 atom stereocenters. The summed E-state index contributed by atoms with van der Waals surface area (Å²) in [5.41, 5.74) is 0.848.